The Kier molecular flexibility index (Phi) is 3.88. The summed E-state index contributed by atoms with van der Waals surface area (Å²) in [5.41, 5.74) is 0.716. The lowest BCUT2D eigenvalue weighted by Crippen LogP contribution is -2.34. The van der Waals surface area contributed by atoms with Crippen molar-refractivity contribution >= 4 is 23.0 Å². The quantitative estimate of drug-likeness (QED) is 0.624. The van der Waals surface area contributed by atoms with Gasteiger partial charge in [0.15, 0.2) is 0 Å². The molecule has 0 N–H and O–H groups in total. The van der Waals surface area contributed by atoms with Crippen molar-refractivity contribution in [1.82, 2.24) is 14.8 Å². The molecular formula is C16H18ClN5O2. The molecular weight excluding hydrogens is 330 g/mol. The molecule has 1 aliphatic heterocycles. The maximum atomic E-state index is 11.3. The number of anilines is 1. The molecule has 0 bridgehead atoms. The van der Waals surface area contributed by atoms with Crippen LogP contribution in [-0.4, -0.2) is 32.8 Å². The summed E-state index contributed by atoms with van der Waals surface area (Å²) in [6, 6.07) is 5.45. The standard InChI is InChI=1S/C16H18ClN5O2/c17-12-1-4-14(15(9-12)22(23)24)20-7-5-11(6-8-20)16-19-18-10-21(16)13-2-3-13/h1,4,9-11,13H,2-3,5-8H2. The summed E-state index contributed by atoms with van der Waals surface area (Å²) >= 11 is 5.90. The van der Waals surface area contributed by atoms with E-state index in [1.54, 1.807) is 12.1 Å². The maximum Gasteiger partial charge on any atom is 0.294 e. The minimum Gasteiger partial charge on any atom is -0.366 e. The van der Waals surface area contributed by atoms with Gasteiger partial charge in [-0.3, -0.25) is 10.1 Å². The van der Waals surface area contributed by atoms with E-state index in [2.05, 4.69) is 19.7 Å². The van der Waals surface area contributed by atoms with Crippen LogP contribution in [0.3, 0.4) is 0 Å². The highest BCUT2D eigenvalue weighted by Crippen LogP contribution is 2.39. The number of rotatable bonds is 4. The number of halogens is 1. The molecule has 2 heterocycles. The lowest BCUT2D eigenvalue weighted by atomic mass is 9.95. The first-order valence-electron chi connectivity index (χ1n) is 8.22. The zero-order chi connectivity index (χ0) is 16.7. The normalized spacial score (nSPS) is 18.8. The van der Waals surface area contributed by atoms with Gasteiger partial charge in [0, 0.05) is 36.1 Å². The maximum absolute atomic E-state index is 11.3. The van der Waals surface area contributed by atoms with Crippen LogP contribution in [0, 0.1) is 10.1 Å². The first kappa shape index (κ1) is 15.4. The van der Waals surface area contributed by atoms with Crippen molar-refractivity contribution in [2.45, 2.75) is 37.6 Å². The van der Waals surface area contributed by atoms with E-state index in [0.717, 1.165) is 31.8 Å². The van der Waals surface area contributed by atoms with Crippen LogP contribution in [0.2, 0.25) is 5.02 Å². The number of aromatic nitrogens is 3. The van der Waals surface area contributed by atoms with Gasteiger partial charge in [0.05, 0.1) is 4.92 Å². The lowest BCUT2D eigenvalue weighted by Gasteiger charge is -2.33. The van der Waals surface area contributed by atoms with E-state index in [-0.39, 0.29) is 10.6 Å². The third-order valence-electron chi connectivity index (χ3n) is 4.88. The van der Waals surface area contributed by atoms with Crippen LogP contribution in [0.4, 0.5) is 11.4 Å². The summed E-state index contributed by atoms with van der Waals surface area (Å²) in [6.07, 6.45) is 6.10. The zero-order valence-electron chi connectivity index (χ0n) is 13.1. The Morgan fingerprint density at radius 3 is 2.62 bits per heavy atom. The number of hydrogen-bond donors (Lipinski definition) is 0. The highest BCUT2D eigenvalue weighted by Gasteiger charge is 2.32. The topological polar surface area (TPSA) is 77.1 Å². The molecule has 0 unspecified atom stereocenters. The molecule has 24 heavy (non-hydrogen) atoms. The van der Waals surface area contributed by atoms with Gasteiger partial charge in [-0.15, -0.1) is 10.2 Å². The van der Waals surface area contributed by atoms with Crippen LogP contribution < -0.4 is 4.90 Å². The molecule has 0 radical (unpaired) electrons. The summed E-state index contributed by atoms with van der Waals surface area (Å²) in [6.45, 7) is 1.54. The van der Waals surface area contributed by atoms with Gasteiger partial charge >= 0.3 is 0 Å². The SMILES string of the molecule is O=[N+]([O-])c1cc(Cl)ccc1N1CCC(c2nncn2C2CC2)CC1. The van der Waals surface area contributed by atoms with Crippen LogP contribution in [0.25, 0.3) is 0 Å². The monoisotopic (exact) mass is 347 g/mol. The third-order valence-corrected chi connectivity index (χ3v) is 5.11. The van der Waals surface area contributed by atoms with Crippen molar-refractivity contribution in [1.29, 1.82) is 0 Å². The van der Waals surface area contributed by atoms with Crippen LogP contribution in [-0.2, 0) is 0 Å². The Balaban J connectivity index is 1.50. The summed E-state index contributed by atoms with van der Waals surface area (Å²) in [7, 11) is 0. The molecule has 1 saturated heterocycles. The molecule has 4 rings (SSSR count). The number of piperidine rings is 1. The number of hydrogen-bond acceptors (Lipinski definition) is 5. The molecule has 1 aromatic carbocycles. The van der Waals surface area contributed by atoms with E-state index in [4.69, 9.17) is 11.6 Å². The molecule has 0 amide bonds. The predicted octanol–water partition coefficient (Wildman–Crippen LogP) is 3.56. The van der Waals surface area contributed by atoms with Gasteiger partial charge in [-0.05, 0) is 37.8 Å². The highest BCUT2D eigenvalue weighted by atomic mass is 35.5. The molecule has 1 saturated carbocycles. The first-order chi connectivity index (χ1) is 11.6. The zero-order valence-corrected chi connectivity index (χ0v) is 13.9. The highest BCUT2D eigenvalue weighted by molar-refractivity contribution is 6.30. The summed E-state index contributed by atoms with van der Waals surface area (Å²) in [4.78, 5) is 13.0. The Morgan fingerprint density at radius 1 is 1.21 bits per heavy atom. The van der Waals surface area contributed by atoms with Gasteiger partial charge in [-0.1, -0.05) is 11.6 Å². The van der Waals surface area contributed by atoms with E-state index in [1.807, 2.05) is 6.33 Å². The molecule has 2 aliphatic rings. The molecule has 2 aromatic rings. The lowest BCUT2D eigenvalue weighted by molar-refractivity contribution is -0.384. The fourth-order valence-electron chi connectivity index (χ4n) is 3.47. The Labute approximate surface area is 144 Å². The molecule has 126 valence electrons. The Hall–Kier alpha value is -2.15. The molecule has 0 atom stereocenters. The second kappa shape index (κ2) is 6.05. The predicted molar refractivity (Wildman–Crippen MR) is 90.6 cm³/mol. The number of nitro groups is 1. The van der Waals surface area contributed by atoms with Crippen LogP contribution in [0.5, 0.6) is 0 Å². The molecule has 1 aromatic heterocycles. The fraction of sp³-hybridized carbons (Fsp3) is 0.500. The average molecular weight is 348 g/mol. The summed E-state index contributed by atoms with van der Waals surface area (Å²) in [5, 5.41) is 20.1. The van der Waals surface area contributed by atoms with Gasteiger partial charge in [-0.2, -0.15) is 0 Å². The van der Waals surface area contributed by atoms with Crippen LogP contribution >= 0.6 is 11.6 Å². The first-order valence-corrected chi connectivity index (χ1v) is 8.59. The second-order valence-electron chi connectivity index (χ2n) is 6.48. The summed E-state index contributed by atoms with van der Waals surface area (Å²) < 4.78 is 2.21. The molecule has 1 aliphatic carbocycles. The van der Waals surface area contributed by atoms with Crippen molar-refractivity contribution in [2.75, 3.05) is 18.0 Å². The molecule has 2 fully saturated rings. The Bertz CT molecular complexity index is 766. The van der Waals surface area contributed by atoms with E-state index in [1.165, 1.54) is 18.9 Å². The largest absolute Gasteiger partial charge is 0.366 e. The van der Waals surface area contributed by atoms with E-state index < -0.39 is 0 Å². The number of nitrogens with zero attached hydrogens (tertiary/aromatic N) is 5. The third kappa shape index (κ3) is 2.84. The Morgan fingerprint density at radius 2 is 1.96 bits per heavy atom. The second-order valence-corrected chi connectivity index (χ2v) is 6.92. The van der Waals surface area contributed by atoms with Gasteiger partial charge in [0.2, 0.25) is 0 Å². The van der Waals surface area contributed by atoms with Gasteiger partial charge < -0.3 is 9.47 Å². The minimum absolute atomic E-state index is 0.0714. The minimum atomic E-state index is -0.364. The van der Waals surface area contributed by atoms with Crippen LogP contribution in [0.1, 0.15) is 43.5 Å². The molecule has 8 heteroatoms. The number of nitro benzene ring substituents is 1. The summed E-state index contributed by atoms with van der Waals surface area (Å²) in [5.74, 6) is 1.44. The number of benzene rings is 1. The van der Waals surface area contributed by atoms with E-state index in [0.29, 0.717) is 22.7 Å². The fourth-order valence-corrected chi connectivity index (χ4v) is 3.63. The van der Waals surface area contributed by atoms with Gasteiger partial charge in [0.25, 0.3) is 5.69 Å². The average Bonchev–Trinajstić information content (AvgIpc) is 3.32. The van der Waals surface area contributed by atoms with E-state index in [9.17, 15) is 10.1 Å². The van der Waals surface area contributed by atoms with Crippen molar-refractivity contribution < 1.29 is 4.92 Å². The van der Waals surface area contributed by atoms with Crippen molar-refractivity contribution in [3.05, 3.63) is 45.5 Å². The van der Waals surface area contributed by atoms with Crippen LogP contribution in [0.15, 0.2) is 24.5 Å². The van der Waals surface area contributed by atoms with Crippen molar-refractivity contribution in [3.63, 3.8) is 0 Å². The van der Waals surface area contributed by atoms with Crippen molar-refractivity contribution in [3.8, 4) is 0 Å². The smallest absolute Gasteiger partial charge is 0.294 e. The van der Waals surface area contributed by atoms with Crippen molar-refractivity contribution in [2.24, 2.45) is 0 Å². The van der Waals surface area contributed by atoms with Gasteiger partial charge in [0.1, 0.15) is 17.8 Å². The van der Waals surface area contributed by atoms with Gasteiger partial charge in [-0.25, -0.2) is 0 Å². The molecule has 7 nitrogen and oxygen atoms in total. The molecule has 0 spiro atoms. The van der Waals surface area contributed by atoms with E-state index >= 15 is 0 Å².